The first-order valence-corrected chi connectivity index (χ1v) is 14.4. The molecule has 2 N–H and O–H groups in total. The number of carbonyl (C=O) groups is 3. The Hall–Kier alpha value is -4.91. The monoisotopic (exact) mass is 605 g/mol. The van der Waals surface area contributed by atoms with Crippen molar-refractivity contribution in [3.63, 3.8) is 0 Å². The number of nitrogens with one attached hydrogen (secondary N) is 2. The normalized spacial score (nSPS) is 19.1. The van der Waals surface area contributed by atoms with Gasteiger partial charge in [0, 0.05) is 43.5 Å². The topological polar surface area (TPSA) is 152 Å². The number of hydrogen-bond acceptors (Lipinski definition) is 8. The molecule has 0 saturated carbocycles. The Morgan fingerprint density at radius 1 is 1.09 bits per heavy atom. The lowest BCUT2D eigenvalue weighted by molar-refractivity contribution is -0.138. The fourth-order valence-electron chi connectivity index (χ4n) is 5.28. The van der Waals surface area contributed by atoms with Gasteiger partial charge in [0.15, 0.2) is 0 Å². The van der Waals surface area contributed by atoms with Crippen molar-refractivity contribution in [1.29, 1.82) is 0 Å². The minimum absolute atomic E-state index is 0.132. The van der Waals surface area contributed by atoms with Gasteiger partial charge in [-0.1, -0.05) is 12.1 Å². The summed E-state index contributed by atoms with van der Waals surface area (Å²) in [4.78, 5) is 68.8. The van der Waals surface area contributed by atoms with Crippen LogP contribution in [0.25, 0.3) is 0 Å². The molecule has 0 radical (unpaired) electrons. The molecule has 1 aromatic heterocycles. The predicted octanol–water partition coefficient (Wildman–Crippen LogP) is 1.42. The molecule has 0 aliphatic carbocycles. The molecule has 1 fully saturated rings. The zero-order valence-corrected chi connectivity index (χ0v) is 24.8. The number of benzene rings is 2. The molecule has 3 heterocycles. The van der Waals surface area contributed by atoms with E-state index in [1.807, 2.05) is 25.1 Å². The van der Waals surface area contributed by atoms with E-state index in [2.05, 4.69) is 10.3 Å². The number of H-pyrrole nitrogens is 1. The maximum Gasteiger partial charge on any atom is 0.328 e. The van der Waals surface area contributed by atoms with Gasteiger partial charge in [0.25, 0.3) is 11.5 Å². The molecular formula is C31H35N5O8. The van der Waals surface area contributed by atoms with E-state index >= 15 is 0 Å². The van der Waals surface area contributed by atoms with Crippen LogP contribution in [0.4, 0.5) is 0 Å². The smallest absolute Gasteiger partial charge is 0.328 e. The number of aryl methyl sites for hydroxylation is 1. The highest BCUT2D eigenvalue weighted by molar-refractivity contribution is 5.97. The molecule has 3 amide bonds. The Balaban J connectivity index is 1.39. The summed E-state index contributed by atoms with van der Waals surface area (Å²) in [6.45, 7) is 3.98. The average Bonchev–Trinajstić information content (AvgIpc) is 2.98. The van der Waals surface area contributed by atoms with E-state index in [0.717, 1.165) is 10.1 Å². The number of likely N-dealkylation sites (N-methyl/N-ethyl adjacent to an activating group) is 1. The highest BCUT2D eigenvalue weighted by Crippen LogP contribution is 2.29. The molecule has 2 aromatic carbocycles. The van der Waals surface area contributed by atoms with Crippen molar-refractivity contribution < 1.29 is 28.6 Å². The fraction of sp³-hybridized carbons (Fsp3) is 0.387. The largest absolute Gasteiger partial charge is 0.494 e. The van der Waals surface area contributed by atoms with Crippen LogP contribution in [0.15, 0.2) is 58.3 Å². The van der Waals surface area contributed by atoms with Gasteiger partial charge in [-0.25, -0.2) is 4.79 Å². The van der Waals surface area contributed by atoms with Crippen LogP contribution in [-0.2, 0) is 27.5 Å². The summed E-state index contributed by atoms with van der Waals surface area (Å²) in [5.74, 6) is 0.256. The zero-order chi connectivity index (χ0) is 31.4. The second kappa shape index (κ2) is 13.2. The molecule has 13 nitrogen and oxygen atoms in total. The number of nitrogens with zero attached hydrogens (tertiary/aromatic N) is 3. The lowest BCUT2D eigenvalue weighted by Gasteiger charge is -2.39. The Morgan fingerprint density at radius 3 is 2.70 bits per heavy atom. The first kappa shape index (κ1) is 30.5. The van der Waals surface area contributed by atoms with E-state index in [0.29, 0.717) is 47.9 Å². The summed E-state index contributed by atoms with van der Waals surface area (Å²) >= 11 is 0. The molecule has 0 unspecified atom stereocenters. The van der Waals surface area contributed by atoms with Crippen molar-refractivity contribution in [2.45, 2.75) is 45.6 Å². The summed E-state index contributed by atoms with van der Waals surface area (Å²) in [7, 11) is 1.52. The Kier molecular flexibility index (Phi) is 9.14. The Labute approximate surface area is 253 Å². The van der Waals surface area contributed by atoms with Gasteiger partial charge in [0.05, 0.1) is 31.9 Å². The van der Waals surface area contributed by atoms with Crippen LogP contribution in [0, 0.1) is 6.92 Å². The molecule has 0 spiro atoms. The first-order valence-electron chi connectivity index (χ1n) is 14.4. The van der Waals surface area contributed by atoms with Crippen LogP contribution in [0.3, 0.4) is 0 Å². The van der Waals surface area contributed by atoms with Crippen molar-refractivity contribution in [2.75, 3.05) is 33.3 Å². The lowest BCUT2D eigenvalue weighted by Crippen LogP contribution is -2.58. The van der Waals surface area contributed by atoms with Crippen LogP contribution in [0.1, 0.15) is 34.8 Å². The third kappa shape index (κ3) is 7.17. The molecule has 2 atom stereocenters. The van der Waals surface area contributed by atoms with Gasteiger partial charge >= 0.3 is 5.69 Å². The molecule has 44 heavy (non-hydrogen) atoms. The highest BCUT2D eigenvalue weighted by atomic mass is 16.5. The van der Waals surface area contributed by atoms with Crippen LogP contribution in [0.5, 0.6) is 17.2 Å². The van der Waals surface area contributed by atoms with Crippen molar-refractivity contribution in [1.82, 2.24) is 24.7 Å². The number of carbonyl (C=O) groups excluding carboxylic acids is 3. The van der Waals surface area contributed by atoms with E-state index in [1.165, 1.54) is 18.1 Å². The minimum Gasteiger partial charge on any atom is -0.494 e. The number of hydrogen-bond donors (Lipinski definition) is 2. The van der Waals surface area contributed by atoms with Crippen LogP contribution in [-0.4, -0.2) is 82.5 Å². The van der Waals surface area contributed by atoms with Crippen molar-refractivity contribution in [3.05, 3.63) is 86.2 Å². The minimum atomic E-state index is -0.678. The number of aromatic nitrogens is 2. The molecule has 1 saturated heterocycles. The number of ether oxygens (including phenoxy) is 3. The number of likely N-dealkylation sites (tertiary alicyclic amines) is 1. The molecular weight excluding hydrogens is 570 g/mol. The summed E-state index contributed by atoms with van der Waals surface area (Å²) in [5, 5.41) is 2.96. The number of aromatic amines is 1. The second-order valence-corrected chi connectivity index (χ2v) is 10.9. The summed E-state index contributed by atoms with van der Waals surface area (Å²) in [6, 6.07) is 11.7. The van der Waals surface area contributed by atoms with Crippen molar-refractivity contribution in [3.8, 4) is 17.2 Å². The third-order valence-electron chi connectivity index (χ3n) is 7.51. The van der Waals surface area contributed by atoms with Crippen molar-refractivity contribution in [2.24, 2.45) is 0 Å². The molecule has 2 aliphatic rings. The van der Waals surface area contributed by atoms with Gasteiger partial charge in [-0.2, -0.15) is 0 Å². The number of rotatable bonds is 4. The summed E-state index contributed by atoms with van der Waals surface area (Å²) in [5.41, 5.74) is 0.260. The summed E-state index contributed by atoms with van der Waals surface area (Å²) < 4.78 is 19.2. The van der Waals surface area contributed by atoms with E-state index in [9.17, 15) is 24.0 Å². The maximum atomic E-state index is 13.4. The molecule has 3 aromatic rings. The summed E-state index contributed by atoms with van der Waals surface area (Å²) in [6.07, 6.45) is 1.34. The van der Waals surface area contributed by atoms with E-state index < -0.39 is 35.2 Å². The standard InChI is InChI=1S/C31H35N5O8/c1-4-42-23-11-21-12-24(13-23)44-22-7-5-6-20(10-22)18-43-26-8-9-35(15-25(26)32-27(37)16-34(3)30(21)40)28(38)17-36-14-19(2)29(39)33-31(36)41/h5-7,10-14,25-26H,4,8-9,15-18H2,1-3H3,(H,32,37)(H,33,39,41)/t25-,26+/m0/s1. The van der Waals surface area contributed by atoms with E-state index in [4.69, 9.17) is 14.2 Å². The molecule has 4 bridgehead atoms. The van der Waals surface area contributed by atoms with Gasteiger partial charge < -0.3 is 29.3 Å². The Bertz CT molecular complexity index is 1680. The van der Waals surface area contributed by atoms with Crippen LogP contribution >= 0.6 is 0 Å². The maximum absolute atomic E-state index is 13.4. The first-order chi connectivity index (χ1) is 21.1. The third-order valence-corrected chi connectivity index (χ3v) is 7.51. The van der Waals surface area contributed by atoms with Crippen LogP contribution in [0.2, 0.25) is 0 Å². The van der Waals surface area contributed by atoms with Gasteiger partial charge in [-0.05, 0) is 50.1 Å². The molecule has 13 heteroatoms. The SMILES string of the molecule is CCOc1cc2cc(c1)C(=O)N(C)CC(=O)N[C@H]1CN(C(=O)Cn3cc(C)c(=O)[nH]c3=O)CC[C@H]1OCc1cccc(c1)O2. The van der Waals surface area contributed by atoms with Gasteiger partial charge in [-0.15, -0.1) is 0 Å². The van der Waals surface area contributed by atoms with Gasteiger partial charge in [-0.3, -0.25) is 28.7 Å². The number of piperidine rings is 1. The predicted molar refractivity (Wildman–Crippen MR) is 159 cm³/mol. The van der Waals surface area contributed by atoms with Crippen molar-refractivity contribution >= 4 is 17.7 Å². The van der Waals surface area contributed by atoms with E-state index in [1.54, 1.807) is 36.1 Å². The van der Waals surface area contributed by atoms with Gasteiger partial charge in [0.2, 0.25) is 11.8 Å². The Morgan fingerprint density at radius 2 is 1.91 bits per heavy atom. The number of amides is 3. The fourth-order valence-corrected chi connectivity index (χ4v) is 5.28. The molecule has 5 rings (SSSR count). The average molecular weight is 606 g/mol. The quantitative estimate of drug-likeness (QED) is 0.453. The zero-order valence-electron chi connectivity index (χ0n) is 24.8. The van der Waals surface area contributed by atoms with E-state index in [-0.39, 0.29) is 32.1 Å². The van der Waals surface area contributed by atoms with Crippen LogP contribution < -0.4 is 26.0 Å². The molecule has 2 aliphatic heterocycles. The number of fused-ring (bicyclic) bond motifs is 5. The van der Waals surface area contributed by atoms with Gasteiger partial charge in [0.1, 0.15) is 23.8 Å². The molecule has 232 valence electrons. The second-order valence-electron chi connectivity index (χ2n) is 10.9. The lowest BCUT2D eigenvalue weighted by atomic mass is 10.0. The highest BCUT2D eigenvalue weighted by Gasteiger charge is 2.34.